The summed E-state index contributed by atoms with van der Waals surface area (Å²) in [6.07, 6.45) is 2.36. The van der Waals surface area contributed by atoms with E-state index < -0.39 is 0 Å². The van der Waals surface area contributed by atoms with Gasteiger partial charge < -0.3 is 9.47 Å². The van der Waals surface area contributed by atoms with E-state index in [0.29, 0.717) is 24.7 Å². The van der Waals surface area contributed by atoms with Crippen LogP contribution in [0.1, 0.15) is 28.2 Å². The van der Waals surface area contributed by atoms with Gasteiger partial charge in [0.1, 0.15) is 6.10 Å². The molecule has 1 fully saturated rings. The highest BCUT2D eigenvalue weighted by Gasteiger charge is 2.18. The number of hydrogen-bond donors (Lipinski definition) is 1. The number of hydrogen-bond acceptors (Lipinski definition) is 6. The molecule has 23 heavy (non-hydrogen) atoms. The molecule has 2 aromatic heterocycles. The molecule has 1 N–H and O–H groups in total. The van der Waals surface area contributed by atoms with Crippen LogP contribution in [-0.4, -0.2) is 40.2 Å². The molecule has 1 aliphatic heterocycles. The van der Waals surface area contributed by atoms with Crippen LogP contribution in [0.5, 0.6) is 5.88 Å². The summed E-state index contributed by atoms with van der Waals surface area (Å²) < 4.78 is 11.0. The van der Waals surface area contributed by atoms with Crippen molar-refractivity contribution in [2.45, 2.75) is 26.4 Å². The first-order valence-electron chi connectivity index (χ1n) is 7.44. The van der Waals surface area contributed by atoms with Gasteiger partial charge in [-0.05, 0) is 26.0 Å². The van der Waals surface area contributed by atoms with Gasteiger partial charge in [-0.15, -0.1) is 0 Å². The summed E-state index contributed by atoms with van der Waals surface area (Å²) in [6.45, 7) is 4.95. The fourth-order valence-corrected chi connectivity index (χ4v) is 2.35. The lowest BCUT2D eigenvalue weighted by molar-refractivity contribution is 0.102. The monoisotopic (exact) mass is 314 g/mol. The van der Waals surface area contributed by atoms with Gasteiger partial charge in [0.05, 0.1) is 13.2 Å². The third-order valence-corrected chi connectivity index (χ3v) is 3.38. The van der Waals surface area contributed by atoms with Crippen LogP contribution in [0, 0.1) is 13.8 Å². The number of pyridine rings is 1. The van der Waals surface area contributed by atoms with Crippen molar-refractivity contribution in [2.75, 3.05) is 18.5 Å². The van der Waals surface area contributed by atoms with Gasteiger partial charge in [-0.3, -0.25) is 10.1 Å². The van der Waals surface area contributed by atoms with E-state index in [4.69, 9.17) is 9.47 Å². The Kier molecular flexibility index (Phi) is 4.47. The van der Waals surface area contributed by atoms with Crippen molar-refractivity contribution < 1.29 is 14.3 Å². The van der Waals surface area contributed by atoms with Crippen molar-refractivity contribution in [3.63, 3.8) is 0 Å². The first-order valence-corrected chi connectivity index (χ1v) is 7.44. The number of carbonyl (C=O) groups excluding carboxylic acids is 1. The highest BCUT2D eigenvalue weighted by atomic mass is 16.5. The molecule has 1 saturated heterocycles. The van der Waals surface area contributed by atoms with Gasteiger partial charge in [0.2, 0.25) is 11.8 Å². The summed E-state index contributed by atoms with van der Waals surface area (Å²) in [7, 11) is 0. The molecule has 3 heterocycles. The van der Waals surface area contributed by atoms with Gasteiger partial charge in [-0.25, -0.2) is 15.0 Å². The van der Waals surface area contributed by atoms with E-state index in [2.05, 4.69) is 20.3 Å². The molecule has 7 nitrogen and oxygen atoms in total. The Labute approximate surface area is 134 Å². The van der Waals surface area contributed by atoms with E-state index >= 15 is 0 Å². The minimum Gasteiger partial charge on any atom is -0.472 e. The van der Waals surface area contributed by atoms with Crippen molar-refractivity contribution >= 4 is 11.9 Å². The molecule has 0 spiro atoms. The molecule has 0 bridgehead atoms. The predicted octanol–water partition coefficient (Wildman–Crippen LogP) is 1.91. The van der Waals surface area contributed by atoms with Gasteiger partial charge in [-0.1, -0.05) is 0 Å². The maximum Gasteiger partial charge on any atom is 0.258 e. The van der Waals surface area contributed by atoms with Crippen LogP contribution in [0.25, 0.3) is 0 Å². The third kappa shape index (κ3) is 4.01. The number of anilines is 1. The zero-order valence-electron chi connectivity index (χ0n) is 13.1. The number of aryl methyl sites for hydroxylation is 2. The predicted molar refractivity (Wildman–Crippen MR) is 83.5 cm³/mol. The highest BCUT2D eigenvalue weighted by Crippen LogP contribution is 2.16. The molecule has 0 radical (unpaired) electrons. The molecular formula is C16H18N4O3. The highest BCUT2D eigenvalue weighted by molar-refractivity contribution is 6.03. The van der Waals surface area contributed by atoms with Crippen LogP contribution in [-0.2, 0) is 4.74 Å². The Morgan fingerprint density at radius 1 is 1.30 bits per heavy atom. The van der Waals surface area contributed by atoms with Crippen LogP contribution in [0.2, 0.25) is 0 Å². The van der Waals surface area contributed by atoms with Crippen molar-refractivity contribution in [2.24, 2.45) is 0 Å². The Hall–Kier alpha value is -2.54. The lowest BCUT2D eigenvalue weighted by Crippen LogP contribution is -2.18. The topological polar surface area (TPSA) is 86.2 Å². The molecule has 1 aliphatic rings. The van der Waals surface area contributed by atoms with Crippen molar-refractivity contribution in [3.8, 4) is 5.88 Å². The zero-order chi connectivity index (χ0) is 16.2. The van der Waals surface area contributed by atoms with E-state index in [1.54, 1.807) is 18.3 Å². The first kappa shape index (κ1) is 15.4. The molecule has 2 aromatic rings. The molecule has 1 atom stereocenters. The maximum absolute atomic E-state index is 12.3. The Bertz CT molecular complexity index is 694. The molecule has 1 amide bonds. The van der Waals surface area contributed by atoms with Gasteiger partial charge in [0.25, 0.3) is 5.91 Å². The molecule has 3 rings (SSSR count). The van der Waals surface area contributed by atoms with E-state index in [1.165, 1.54) is 0 Å². The fraction of sp³-hybridized carbons (Fsp3) is 0.375. The molecule has 120 valence electrons. The first-order chi connectivity index (χ1) is 11.1. The number of carbonyl (C=O) groups is 1. The molecule has 1 unspecified atom stereocenters. The average Bonchev–Trinajstić information content (AvgIpc) is 2.99. The number of rotatable bonds is 4. The van der Waals surface area contributed by atoms with Crippen molar-refractivity contribution in [1.29, 1.82) is 0 Å². The van der Waals surface area contributed by atoms with E-state index in [1.807, 2.05) is 19.9 Å². The van der Waals surface area contributed by atoms with Gasteiger partial charge in [0.15, 0.2) is 0 Å². The van der Waals surface area contributed by atoms with Crippen LogP contribution in [0.15, 0.2) is 24.4 Å². The molecule has 0 saturated carbocycles. The summed E-state index contributed by atoms with van der Waals surface area (Å²) in [6, 6.07) is 5.07. The van der Waals surface area contributed by atoms with Gasteiger partial charge in [-0.2, -0.15) is 0 Å². The third-order valence-electron chi connectivity index (χ3n) is 3.38. The van der Waals surface area contributed by atoms with Crippen LogP contribution in [0.4, 0.5) is 5.95 Å². The summed E-state index contributed by atoms with van der Waals surface area (Å²) >= 11 is 0. The van der Waals surface area contributed by atoms with Gasteiger partial charge in [0, 0.05) is 35.6 Å². The second-order valence-corrected chi connectivity index (χ2v) is 5.41. The van der Waals surface area contributed by atoms with Crippen LogP contribution >= 0.6 is 0 Å². The Morgan fingerprint density at radius 2 is 2.09 bits per heavy atom. The zero-order valence-corrected chi connectivity index (χ0v) is 13.1. The number of aromatic nitrogens is 3. The van der Waals surface area contributed by atoms with E-state index in [-0.39, 0.29) is 18.0 Å². The SMILES string of the molecule is Cc1cc(C)nc(NC(=O)c2ccnc(OC3CCOC3)c2)n1. The second kappa shape index (κ2) is 6.70. The summed E-state index contributed by atoms with van der Waals surface area (Å²) in [4.78, 5) is 24.9. The number of nitrogens with zero attached hydrogens (tertiary/aromatic N) is 3. The number of nitrogens with one attached hydrogen (secondary N) is 1. The molecule has 7 heteroatoms. The smallest absolute Gasteiger partial charge is 0.258 e. The van der Waals surface area contributed by atoms with Crippen molar-refractivity contribution in [3.05, 3.63) is 41.3 Å². The fourth-order valence-electron chi connectivity index (χ4n) is 2.35. The Morgan fingerprint density at radius 3 is 2.78 bits per heavy atom. The standard InChI is InChI=1S/C16H18N4O3/c1-10-7-11(2)19-16(18-10)20-15(21)12-3-5-17-14(8-12)23-13-4-6-22-9-13/h3,5,7-8,13H,4,6,9H2,1-2H3,(H,18,19,20,21). The molecule has 0 aliphatic carbocycles. The minimum atomic E-state index is -0.301. The number of ether oxygens (including phenoxy) is 2. The largest absolute Gasteiger partial charge is 0.472 e. The minimum absolute atomic E-state index is 0.0106. The Balaban J connectivity index is 1.71. The normalized spacial score (nSPS) is 17.0. The maximum atomic E-state index is 12.3. The van der Waals surface area contributed by atoms with Crippen LogP contribution in [0.3, 0.4) is 0 Å². The van der Waals surface area contributed by atoms with Gasteiger partial charge >= 0.3 is 0 Å². The lowest BCUT2D eigenvalue weighted by Gasteiger charge is -2.11. The second-order valence-electron chi connectivity index (χ2n) is 5.41. The summed E-state index contributed by atoms with van der Waals surface area (Å²) in [5.41, 5.74) is 2.04. The lowest BCUT2D eigenvalue weighted by atomic mass is 10.2. The number of amides is 1. The average molecular weight is 314 g/mol. The molecular weight excluding hydrogens is 296 g/mol. The summed E-state index contributed by atoms with van der Waals surface area (Å²) in [5, 5.41) is 2.69. The summed E-state index contributed by atoms with van der Waals surface area (Å²) in [5.74, 6) is 0.399. The van der Waals surface area contributed by atoms with Crippen LogP contribution < -0.4 is 10.1 Å². The quantitative estimate of drug-likeness (QED) is 0.927. The van der Waals surface area contributed by atoms with E-state index in [9.17, 15) is 4.79 Å². The van der Waals surface area contributed by atoms with Crippen molar-refractivity contribution in [1.82, 2.24) is 15.0 Å². The van der Waals surface area contributed by atoms with E-state index in [0.717, 1.165) is 17.8 Å². The molecule has 0 aromatic carbocycles.